The minimum Gasteiger partial charge on any atom is -0.497 e. The van der Waals surface area contributed by atoms with E-state index in [4.69, 9.17) is 65.1 Å². The van der Waals surface area contributed by atoms with Gasteiger partial charge in [0.2, 0.25) is 0 Å². The maximum atomic E-state index is 15.6. The maximum Gasteiger partial charge on any atom is 0.530 e. The Labute approximate surface area is 405 Å². The number of benzene rings is 4. The Kier molecular flexibility index (Phi) is 14.2. The molecule has 9 rings (SSSR count). The monoisotopic (exact) mass is 994 g/mol. The number of ether oxygens (including phenoxy) is 6. The molecule has 2 aliphatic heterocycles. The number of carbonyl (C=O) groups excluding carboxylic acids is 1. The van der Waals surface area contributed by atoms with E-state index in [1.54, 1.807) is 30.9 Å². The van der Waals surface area contributed by atoms with Crippen LogP contribution in [0.1, 0.15) is 42.3 Å². The van der Waals surface area contributed by atoms with Crippen molar-refractivity contribution >= 4 is 48.2 Å². The highest BCUT2D eigenvalue weighted by Gasteiger charge is 2.50. The van der Waals surface area contributed by atoms with Crippen LogP contribution in [0.2, 0.25) is 5.02 Å². The molecule has 2 aliphatic rings. The van der Waals surface area contributed by atoms with Gasteiger partial charge in [0.05, 0.1) is 46.4 Å². The fraction of sp³-hybridized carbons (Fsp3) is 0.292. The number of halogens is 1. The summed E-state index contributed by atoms with van der Waals surface area (Å²) in [6.07, 6.45) is -0.966. The average Bonchev–Trinajstić information content (AvgIpc) is 4.09. The number of esters is 1. The van der Waals surface area contributed by atoms with Crippen LogP contribution in [0.4, 0.5) is 11.6 Å². The number of aromatic nitrogens is 6. The summed E-state index contributed by atoms with van der Waals surface area (Å²) in [5.41, 5.74) is 12.9. The number of phosphoric acid groups is 1. The summed E-state index contributed by atoms with van der Waals surface area (Å²) < 4.78 is 74.4. The molecule has 364 valence electrons. The molecule has 7 atom stereocenters. The van der Waals surface area contributed by atoms with Crippen molar-refractivity contribution in [2.45, 2.75) is 55.6 Å². The molecule has 0 aliphatic carbocycles. The van der Waals surface area contributed by atoms with Crippen LogP contribution >= 0.6 is 19.4 Å². The molecule has 2 saturated heterocycles. The van der Waals surface area contributed by atoms with Gasteiger partial charge in [-0.05, 0) is 71.3 Å². The summed E-state index contributed by atoms with van der Waals surface area (Å²) in [4.78, 5) is 42.1. The largest absolute Gasteiger partial charge is 0.530 e. The van der Waals surface area contributed by atoms with Crippen LogP contribution in [-0.2, 0) is 43.0 Å². The fourth-order valence-corrected chi connectivity index (χ4v) is 10.2. The lowest BCUT2D eigenvalue weighted by Gasteiger charge is -2.37. The van der Waals surface area contributed by atoms with E-state index < -0.39 is 68.4 Å². The second kappa shape index (κ2) is 20.6. The fourth-order valence-electron chi connectivity index (χ4n) is 8.59. The van der Waals surface area contributed by atoms with Crippen molar-refractivity contribution in [3.05, 3.63) is 160 Å². The Morgan fingerprint density at radius 2 is 1.49 bits per heavy atom. The lowest BCUT2D eigenvalue weighted by molar-refractivity contribution is -0.150. The van der Waals surface area contributed by atoms with Crippen LogP contribution in [0, 0.1) is 0 Å². The highest BCUT2D eigenvalue weighted by Crippen LogP contribution is 2.54. The first-order valence-electron chi connectivity index (χ1n) is 21.9. The van der Waals surface area contributed by atoms with Gasteiger partial charge in [-0.1, -0.05) is 66.2 Å². The van der Waals surface area contributed by atoms with Gasteiger partial charge in [0.25, 0.3) is 0 Å². The molecule has 20 nitrogen and oxygen atoms in total. The number of hydrogen-bond acceptors (Lipinski definition) is 18. The van der Waals surface area contributed by atoms with Gasteiger partial charge in [0.15, 0.2) is 11.5 Å². The number of nitrogens with two attached hydrogens (primary N) is 2. The van der Waals surface area contributed by atoms with Gasteiger partial charge in [-0.2, -0.15) is 4.98 Å². The molecule has 0 amide bonds. The third kappa shape index (κ3) is 10.1. The molecule has 7 aromatic rings. The van der Waals surface area contributed by atoms with E-state index in [0.29, 0.717) is 27.7 Å². The van der Waals surface area contributed by atoms with Gasteiger partial charge in [0.1, 0.15) is 71.2 Å². The number of methoxy groups -OCH3 is 2. The van der Waals surface area contributed by atoms with Crippen LogP contribution in [-0.4, -0.2) is 93.5 Å². The van der Waals surface area contributed by atoms with Crippen LogP contribution in [0.25, 0.3) is 11.2 Å². The molecular weight excluding hydrogens is 947 g/mol. The number of imidazole rings is 1. The van der Waals surface area contributed by atoms with Gasteiger partial charge >= 0.3 is 19.5 Å². The Morgan fingerprint density at radius 1 is 0.829 bits per heavy atom. The Morgan fingerprint density at radius 3 is 2.13 bits per heavy atom. The van der Waals surface area contributed by atoms with Crippen molar-refractivity contribution in [3.8, 4) is 17.2 Å². The van der Waals surface area contributed by atoms with Crippen molar-refractivity contribution in [2.24, 2.45) is 0 Å². The molecule has 2 fully saturated rings. The summed E-state index contributed by atoms with van der Waals surface area (Å²) >= 11 is 6.25. The first kappa shape index (κ1) is 48.1. The zero-order chi connectivity index (χ0) is 49.0. The number of nitrogen functional groups attached to an aromatic ring is 2. The SMILES string of the molecule is COc1ccc(C(OC[C@H]2OC[C@@H](n3cnc4c(N)ncnc43)[C@@H]2OP(=O)(OC[C@H]2O[C@@H](n3ccc(N)nc3=O)C[C@@H]2OC(C)=O)Oc2ccc(Cl)cc2)(c2ccccc2)c2ccc(OC)cc2)cc1. The molecule has 22 heteroatoms. The average molecular weight is 995 g/mol. The summed E-state index contributed by atoms with van der Waals surface area (Å²) in [6.45, 7) is 0.520. The van der Waals surface area contributed by atoms with E-state index in [1.807, 2.05) is 78.9 Å². The Bertz CT molecular complexity index is 2990. The van der Waals surface area contributed by atoms with Gasteiger partial charge in [-0.15, -0.1) is 0 Å². The van der Waals surface area contributed by atoms with Crippen molar-refractivity contribution in [3.63, 3.8) is 0 Å². The molecule has 4 N–H and O–H groups in total. The van der Waals surface area contributed by atoms with Gasteiger partial charge in [0, 0.05) is 24.6 Å². The van der Waals surface area contributed by atoms with Crippen LogP contribution in [0.3, 0.4) is 0 Å². The highest BCUT2D eigenvalue weighted by molar-refractivity contribution is 7.49. The van der Waals surface area contributed by atoms with E-state index in [0.717, 1.165) is 16.7 Å². The van der Waals surface area contributed by atoms with E-state index in [-0.39, 0.29) is 37.0 Å². The molecule has 3 aromatic heterocycles. The second-order valence-electron chi connectivity index (χ2n) is 16.3. The van der Waals surface area contributed by atoms with Crippen molar-refractivity contribution in [1.82, 2.24) is 29.1 Å². The summed E-state index contributed by atoms with van der Waals surface area (Å²) in [6, 6.07) is 31.5. The molecule has 1 unspecified atom stereocenters. The molecule has 0 saturated carbocycles. The first-order valence-corrected chi connectivity index (χ1v) is 23.8. The molecule has 0 bridgehead atoms. The number of rotatable bonds is 18. The van der Waals surface area contributed by atoms with E-state index >= 15 is 4.57 Å². The second-order valence-corrected chi connectivity index (χ2v) is 18.2. The Balaban J connectivity index is 1.11. The summed E-state index contributed by atoms with van der Waals surface area (Å²) in [5, 5.41) is 0.386. The Hall–Kier alpha value is -6.90. The van der Waals surface area contributed by atoms with Crippen LogP contribution in [0.15, 0.2) is 133 Å². The minimum absolute atomic E-state index is 0.0119. The predicted octanol–water partition coefficient (Wildman–Crippen LogP) is 6.67. The van der Waals surface area contributed by atoms with Gasteiger partial charge in [-0.3, -0.25) is 18.4 Å². The highest BCUT2D eigenvalue weighted by atomic mass is 35.5. The smallest absolute Gasteiger partial charge is 0.497 e. The standard InChI is InChI=1S/C48H48ClN8O12P/c1-29(58)66-38-23-42(56-22-21-41(50)55-47(56)59)67-39(38)26-65-70(60,68-36-19-13-33(49)14-20-36)69-44-37(57-28-54-43-45(51)52-27-53-46(43)57)24-63-40(44)25-64-48(30-7-5-4-6-8-30,31-9-15-34(61-2)16-10-31)32-11-17-35(62-3)18-12-32/h4-22,27-28,37-40,42,44H,23-26H2,1-3H3,(H2,50,55,59)(H2,51,52,53)/t37-,38+,39-,40-,42-,44+,70?/m1/s1. The lowest BCUT2D eigenvalue weighted by atomic mass is 9.80. The quantitative estimate of drug-likeness (QED) is 0.0517. The van der Waals surface area contributed by atoms with Gasteiger partial charge < -0.3 is 49.0 Å². The molecule has 5 heterocycles. The summed E-state index contributed by atoms with van der Waals surface area (Å²) in [5.74, 6) is 0.878. The van der Waals surface area contributed by atoms with E-state index in [9.17, 15) is 9.59 Å². The van der Waals surface area contributed by atoms with Gasteiger partial charge in [-0.25, -0.2) is 24.3 Å². The maximum absolute atomic E-state index is 15.6. The zero-order valence-electron chi connectivity index (χ0n) is 38.0. The zero-order valence-corrected chi connectivity index (χ0v) is 39.6. The molecule has 70 heavy (non-hydrogen) atoms. The normalized spacial score (nSPS) is 21.0. The number of phosphoric ester groups is 1. The van der Waals surface area contributed by atoms with Crippen molar-refractivity contribution in [2.75, 3.05) is 45.5 Å². The van der Waals surface area contributed by atoms with Crippen molar-refractivity contribution < 1.29 is 51.4 Å². The van der Waals surface area contributed by atoms with Crippen LogP contribution < -0.4 is 31.2 Å². The molecule has 0 spiro atoms. The molecule has 0 radical (unpaired) electrons. The predicted molar refractivity (Wildman–Crippen MR) is 254 cm³/mol. The topological polar surface area (TPSA) is 248 Å². The minimum atomic E-state index is -4.85. The number of fused-ring (bicyclic) bond motifs is 1. The first-order chi connectivity index (χ1) is 33.9. The molecular formula is C48H48ClN8O12P. The number of anilines is 2. The van der Waals surface area contributed by atoms with Crippen LogP contribution in [0.5, 0.6) is 17.2 Å². The third-order valence-corrected chi connectivity index (χ3v) is 13.6. The third-order valence-electron chi connectivity index (χ3n) is 11.9. The number of hydrogen-bond donors (Lipinski definition) is 2. The van der Waals surface area contributed by atoms with E-state index in [2.05, 4.69) is 19.9 Å². The molecule has 4 aromatic carbocycles. The lowest BCUT2D eigenvalue weighted by Crippen LogP contribution is -2.40. The van der Waals surface area contributed by atoms with E-state index in [1.165, 1.54) is 48.5 Å². The van der Waals surface area contributed by atoms with Crippen molar-refractivity contribution in [1.29, 1.82) is 0 Å². The summed E-state index contributed by atoms with van der Waals surface area (Å²) in [7, 11) is -1.66. The number of carbonyl (C=O) groups is 1. The number of nitrogens with zero attached hydrogens (tertiary/aromatic N) is 6.